The number of rotatable bonds is 4. The van der Waals surface area contributed by atoms with Gasteiger partial charge in [0.05, 0.1) is 4.92 Å². The van der Waals surface area contributed by atoms with Crippen LogP contribution in [0.3, 0.4) is 0 Å². The number of carbonyl (C=O) groups is 1. The van der Waals surface area contributed by atoms with Crippen molar-refractivity contribution >= 4 is 11.5 Å². The highest BCUT2D eigenvalue weighted by atomic mass is 16.6. The summed E-state index contributed by atoms with van der Waals surface area (Å²) in [5.74, 6) is 0.344. The zero-order valence-corrected chi connectivity index (χ0v) is 10.5. The van der Waals surface area contributed by atoms with E-state index in [9.17, 15) is 14.9 Å². The Bertz CT molecular complexity index is 488. The lowest BCUT2D eigenvalue weighted by atomic mass is 9.97. The van der Waals surface area contributed by atoms with Crippen LogP contribution >= 0.6 is 0 Å². The predicted octanol–water partition coefficient (Wildman–Crippen LogP) is 2.33. The number of hydrogen-bond donors (Lipinski definition) is 1. The SMILES string of the molecule is O=C(C=CC1CCNCC1)c1ccc([N+](=O)[O-])cc1. The molecule has 0 amide bonds. The Balaban J connectivity index is 1.98. The molecule has 0 atom stereocenters. The highest BCUT2D eigenvalue weighted by molar-refractivity contribution is 6.04. The van der Waals surface area contributed by atoms with E-state index in [1.54, 1.807) is 6.08 Å². The van der Waals surface area contributed by atoms with Gasteiger partial charge in [0.15, 0.2) is 5.78 Å². The average Bonchev–Trinajstić information content (AvgIpc) is 2.46. The van der Waals surface area contributed by atoms with Gasteiger partial charge in [-0.05, 0) is 50.1 Å². The molecule has 1 saturated heterocycles. The summed E-state index contributed by atoms with van der Waals surface area (Å²) < 4.78 is 0. The van der Waals surface area contributed by atoms with E-state index >= 15 is 0 Å². The summed E-state index contributed by atoms with van der Waals surface area (Å²) >= 11 is 0. The van der Waals surface area contributed by atoms with E-state index in [0.29, 0.717) is 11.5 Å². The molecule has 1 aromatic carbocycles. The smallest absolute Gasteiger partial charge is 0.269 e. The van der Waals surface area contributed by atoms with Crippen LogP contribution in [-0.2, 0) is 0 Å². The van der Waals surface area contributed by atoms with Gasteiger partial charge in [-0.25, -0.2) is 0 Å². The van der Waals surface area contributed by atoms with Crippen molar-refractivity contribution in [3.63, 3.8) is 0 Å². The molecule has 19 heavy (non-hydrogen) atoms. The van der Waals surface area contributed by atoms with Crippen molar-refractivity contribution < 1.29 is 9.72 Å². The van der Waals surface area contributed by atoms with Crippen LogP contribution in [0.2, 0.25) is 0 Å². The zero-order valence-electron chi connectivity index (χ0n) is 10.5. The molecule has 0 unspecified atom stereocenters. The number of non-ortho nitro benzene ring substituents is 1. The van der Waals surface area contributed by atoms with Crippen LogP contribution in [0.1, 0.15) is 23.2 Å². The Hall–Kier alpha value is -2.01. The maximum Gasteiger partial charge on any atom is 0.269 e. The summed E-state index contributed by atoms with van der Waals surface area (Å²) in [4.78, 5) is 21.9. The van der Waals surface area contributed by atoms with E-state index < -0.39 is 4.92 Å². The highest BCUT2D eigenvalue weighted by Crippen LogP contribution is 2.15. The van der Waals surface area contributed by atoms with Gasteiger partial charge in [0.25, 0.3) is 5.69 Å². The Kier molecular flexibility index (Phi) is 4.41. The topological polar surface area (TPSA) is 72.2 Å². The van der Waals surface area contributed by atoms with Gasteiger partial charge in [-0.2, -0.15) is 0 Å². The number of piperidine rings is 1. The van der Waals surface area contributed by atoms with Crippen molar-refractivity contribution in [1.29, 1.82) is 0 Å². The number of nitrogens with one attached hydrogen (secondary N) is 1. The molecule has 100 valence electrons. The predicted molar refractivity (Wildman–Crippen MR) is 72.2 cm³/mol. The minimum atomic E-state index is -0.473. The fourth-order valence-corrected chi connectivity index (χ4v) is 2.10. The molecule has 1 N–H and O–H groups in total. The third-order valence-corrected chi connectivity index (χ3v) is 3.27. The molecule has 0 aromatic heterocycles. The molecule has 1 aliphatic heterocycles. The van der Waals surface area contributed by atoms with E-state index in [1.807, 2.05) is 6.08 Å². The van der Waals surface area contributed by atoms with Gasteiger partial charge in [0.2, 0.25) is 0 Å². The monoisotopic (exact) mass is 260 g/mol. The first-order valence-corrected chi connectivity index (χ1v) is 6.34. The number of allylic oxidation sites excluding steroid dienone is 2. The minimum Gasteiger partial charge on any atom is -0.317 e. The number of nitro benzene ring substituents is 1. The Morgan fingerprint density at radius 2 is 1.89 bits per heavy atom. The zero-order chi connectivity index (χ0) is 13.7. The fraction of sp³-hybridized carbons (Fsp3) is 0.357. The van der Waals surface area contributed by atoms with Crippen molar-refractivity contribution in [3.8, 4) is 0 Å². The molecule has 5 nitrogen and oxygen atoms in total. The van der Waals surface area contributed by atoms with Crippen LogP contribution in [0.25, 0.3) is 0 Å². The second-order valence-electron chi connectivity index (χ2n) is 4.61. The molecule has 5 heteroatoms. The summed E-state index contributed by atoms with van der Waals surface area (Å²) in [7, 11) is 0. The minimum absolute atomic E-state index is 0.00103. The molecule has 1 aromatic rings. The average molecular weight is 260 g/mol. The molecule has 1 fully saturated rings. The van der Waals surface area contributed by atoms with Crippen molar-refractivity contribution in [2.75, 3.05) is 13.1 Å². The van der Waals surface area contributed by atoms with Crippen molar-refractivity contribution in [2.45, 2.75) is 12.8 Å². The van der Waals surface area contributed by atoms with Crippen LogP contribution in [-0.4, -0.2) is 23.8 Å². The van der Waals surface area contributed by atoms with Gasteiger partial charge in [0, 0.05) is 17.7 Å². The van der Waals surface area contributed by atoms with E-state index in [-0.39, 0.29) is 11.5 Å². The van der Waals surface area contributed by atoms with Crippen molar-refractivity contribution in [1.82, 2.24) is 5.32 Å². The van der Waals surface area contributed by atoms with Crippen LogP contribution < -0.4 is 5.32 Å². The number of ketones is 1. The Labute approximate surface area is 111 Å². The largest absolute Gasteiger partial charge is 0.317 e. The third-order valence-electron chi connectivity index (χ3n) is 3.27. The van der Waals surface area contributed by atoms with Crippen molar-refractivity contribution in [2.24, 2.45) is 5.92 Å². The first kappa shape index (κ1) is 13.4. The van der Waals surface area contributed by atoms with E-state index in [2.05, 4.69) is 5.32 Å². The number of nitrogens with zero attached hydrogens (tertiary/aromatic N) is 1. The first-order chi connectivity index (χ1) is 9.16. The second-order valence-corrected chi connectivity index (χ2v) is 4.61. The molecule has 0 spiro atoms. The lowest BCUT2D eigenvalue weighted by Crippen LogP contribution is -2.26. The van der Waals surface area contributed by atoms with Crippen LogP contribution in [0, 0.1) is 16.0 Å². The van der Waals surface area contributed by atoms with Crippen LogP contribution in [0.4, 0.5) is 5.69 Å². The number of carbonyl (C=O) groups excluding carboxylic acids is 1. The van der Waals surface area contributed by atoms with Gasteiger partial charge in [-0.15, -0.1) is 0 Å². The normalized spacial score (nSPS) is 16.6. The first-order valence-electron chi connectivity index (χ1n) is 6.34. The van der Waals surface area contributed by atoms with Crippen LogP contribution in [0.5, 0.6) is 0 Å². The molecule has 0 radical (unpaired) electrons. The van der Waals surface area contributed by atoms with Gasteiger partial charge >= 0.3 is 0 Å². The van der Waals surface area contributed by atoms with Crippen molar-refractivity contribution in [3.05, 3.63) is 52.1 Å². The summed E-state index contributed by atoms with van der Waals surface area (Å²) in [5.41, 5.74) is 0.481. The lowest BCUT2D eigenvalue weighted by molar-refractivity contribution is -0.384. The molecule has 0 aliphatic carbocycles. The maximum absolute atomic E-state index is 11.9. The van der Waals surface area contributed by atoms with E-state index in [0.717, 1.165) is 25.9 Å². The molecule has 2 rings (SSSR count). The highest BCUT2D eigenvalue weighted by Gasteiger charge is 2.11. The van der Waals surface area contributed by atoms with Gasteiger partial charge in [-0.1, -0.05) is 6.08 Å². The summed E-state index contributed by atoms with van der Waals surface area (Å²) in [5, 5.41) is 13.8. The number of hydrogen-bond acceptors (Lipinski definition) is 4. The molecule has 0 saturated carbocycles. The molecular formula is C14H16N2O3. The summed E-state index contributed by atoms with van der Waals surface area (Å²) in [6.45, 7) is 1.97. The number of nitro groups is 1. The molecule has 1 heterocycles. The molecule has 1 aliphatic rings. The lowest BCUT2D eigenvalue weighted by Gasteiger charge is -2.18. The van der Waals surface area contributed by atoms with Gasteiger partial charge in [0.1, 0.15) is 0 Å². The maximum atomic E-state index is 11.9. The standard InChI is InChI=1S/C14H16N2O3/c17-14(6-1-11-7-9-15-10-8-11)12-2-4-13(5-3-12)16(18)19/h1-6,11,15H,7-10H2. The van der Waals surface area contributed by atoms with Gasteiger partial charge in [-0.3, -0.25) is 14.9 Å². The second kappa shape index (κ2) is 6.24. The summed E-state index contributed by atoms with van der Waals surface area (Å²) in [6.07, 6.45) is 5.62. The van der Waals surface area contributed by atoms with Gasteiger partial charge < -0.3 is 5.32 Å². The van der Waals surface area contributed by atoms with E-state index in [1.165, 1.54) is 24.3 Å². The third kappa shape index (κ3) is 3.72. The molecular weight excluding hydrogens is 244 g/mol. The fourth-order valence-electron chi connectivity index (χ4n) is 2.10. The molecule has 0 bridgehead atoms. The number of benzene rings is 1. The Morgan fingerprint density at radius 3 is 2.47 bits per heavy atom. The van der Waals surface area contributed by atoms with E-state index in [4.69, 9.17) is 0 Å². The summed E-state index contributed by atoms with van der Waals surface area (Å²) in [6, 6.07) is 5.69. The Morgan fingerprint density at radius 1 is 1.26 bits per heavy atom. The quantitative estimate of drug-likeness (QED) is 0.390. The van der Waals surface area contributed by atoms with Crippen LogP contribution in [0.15, 0.2) is 36.4 Å².